The largest absolute Gasteiger partial charge is 0.493 e. The lowest BCUT2D eigenvalue weighted by Crippen LogP contribution is -2.14. The highest BCUT2D eigenvalue weighted by molar-refractivity contribution is 5.49. The van der Waals surface area contributed by atoms with E-state index in [0.29, 0.717) is 13.0 Å². The van der Waals surface area contributed by atoms with Crippen molar-refractivity contribution in [2.45, 2.75) is 39.5 Å². The van der Waals surface area contributed by atoms with E-state index >= 15 is 0 Å². The van der Waals surface area contributed by atoms with Crippen molar-refractivity contribution < 1.29 is 9.53 Å². The third-order valence-electron chi connectivity index (χ3n) is 2.44. The molecule has 0 atom stereocenters. The van der Waals surface area contributed by atoms with Crippen molar-refractivity contribution in [1.29, 1.82) is 0 Å². The lowest BCUT2D eigenvalue weighted by Gasteiger charge is -2.23. The first kappa shape index (κ1) is 12.8. The summed E-state index contributed by atoms with van der Waals surface area (Å²) in [5.41, 5.74) is 2.48. The molecule has 0 N–H and O–H groups in total. The average molecular weight is 220 g/mol. The van der Waals surface area contributed by atoms with Crippen LogP contribution in [0.3, 0.4) is 0 Å². The number of ether oxygens (including phenoxy) is 1. The molecule has 1 aromatic rings. The highest BCUT2D eigenvalue weighted by atomic mass is 16.5. The van der Waals surface area contributed by atoms with Crippen LogP contribution in [-0.2, 0) is 10.2 Å². The van der Waals surface area contributed by atoms with Crippen LogP contribution < -0.4 is 4.74 Å². The van der Waals surface area contributed by atoms with Gasteiger partial charge in [-0.1, -0.05) is 38.5 Å². The summed E-state index contributed by atoms with van der Waals surface area (Å²) < 4.78 is 5.63. The Hall–Kier alpha value is -1.31. The van der Waals surface area contributed by atoms with Crippen LogP contribution in [0.25, 0.3) is 0 Å². The standard InChI is InChI=1S/C14H20O2/c1-11-6-7-13(16-9-5-8-15)12(10-11)14(2,3)4/h6-8,10H,5,9H2,1-4H3. The van der Waals surface area contributed by atoms with Crippen molar-refractivity contribution in [1.82, 2.24) is 0 Å². The number of carbonyl (C=O) groups excluding carboxylic acids is 1. The van der Waals surface area contributed by atoms with Crippen LogP contribution in [0, 0.1) is 6.92 Å². The Morgan fingerprint density at radius 1 is 1.31 bits per heavy atom. The maximum atomic E-state index is 10.3. The van der Waals surface area contributed by atoms with E-state index in [0.717, 1.165) is 12.0 Å². The Morgan fingerprint density at radius 3 is 2.56 bits per heavy atom. The zero-order valence-corrected chi connectivity index (χ0v) is 10.5. The van der Waals surface area contributed by atoms with Crippen LogP contribution in [0.5, 0.6) is 5.75 Å². The molecule has 0 aliphatic rings. The van der Waals surface area contributed by atoms with E-state index in [-0.39, 0.29) is 5.41 Å². The van der Waals surface area contributed by atoms with E-state index < -0.39 is 0 Å². The molecule has 2 heteroatoms. The molecular weight excluding hydrogens is 200 g/mol. The highest BCUT2D eigenvalue weighted by Crippen LogP contribution is 2.32. The smallest absolute Gasteiger partial charge is 0.123 e. The second-order valence-corrected chi connectivity index (χ2v) is 5.05. The Labute approximate surface area is 97.6 Å². The van der Waals surface area contributed by atoms with Crippen molar-refractivity contribution in [3.63, 3.8) is 0 Å². The van der Waals surface area contributed by atoms with Crippen LogP contribution in [-0.4, -0.2) is 12.9 Å². The first-order chi connectivity index (χ1) is 7.45. The molecule has 0 radical (unpaired) electrons. The van der Waals surface area contributed by atoms with Crippen molar-refractivity contribution in [3.05, 3.63) is 29.3 Å². The number of benzene rings is 1. The number of carbonyl (C=O) groups is 1. The Morgan fingerprint density at radius 2 is 2.00 bits per heavy atom. The monoisotopic (exact) mass is 220 g/mol. The minimum absolute atomic E-state index is 0.0581. The molecule has 0 aliphatic carbocycles. The fourth-order valence-electron chi connectivity index (χ4n) is 1.57. The van der Waals surface area contributed by atoms with Gasteiger partial charge in [0.25, 0.3) is 0 Å². The highest BCUT2D eigenvalue weighted by Gasteiger charge is 2.18. The van der Waals surface area contributed by atoms with Crippen molar-refractivity contribution in [3.8, 4) is 5.75 Å². The van der Waals surface area contributed by atoms with Gasteiger partial charge in [0.15, 0.2) is 0 Å². The molecule has 1 rings (SSSR count). The molecule has 88 valence electrons. The third-order valence-corrected chi connectivity index (χ3v) is 2.44. The van der Waals surface area contributed by atoms with E-state index in [1.165, 1.54) is 11.1 Å². The predicted molar refractivity (Wildman–Crippen MR) is 66.1 cm³/mol. The normalized spacial score (nSPS) is 11.2. The molecule has 0 saturated heterocycles. The number of hydrogen-bond donors (Lipinski definition) is 0. The Kier molecular flexibility index (Phi) is 4.11. The van der Waals surface area contributed by atoms with Crippen molar-refractivity contribution >= 4 is 6.29 Å². The summed E-state index contributed by atoms with van der Waals surface area (Å²) >= 11 is 0. The predicted octanol–water partition coefficient (Wildman–Crippen LogP) is 3.26. The Balaban J connectivity index is 2.94. The van der Waals surface area contributed by atoms with Crippen LogP contribution in [0.1, 0.15) is 38.3 Å². The first-order valence-corrected chi connectivity index (χ1v) is 5.62. The van der Waals surface area contributed by atoms with E-state index in [4.69, 9.17) is 4.74 Å². The van der Waals surface area contributed by atoms with E-state index in [2.05, 4.69) is 33.8 Å². The van der Waals surface area contributed by atoms with Crippen LogP contribution in [0.15, 0.2) is 18.2 Å². The van der Waals surface area contributed by atoms with Gasteiger partial charge in [0.2, 0.25) is 0 Å². The van der Waals surface area contributed by atoms with Gasteiger partial charge >= 0.3 is 0 Å². The fraction of sp³-hybridized carbons (Fsp3) is 0.500. The van der Waals surface area contributed by atoms with Crippen molar-refractivity contribution in [2.24, 2.45) is 0 Å². The second-order valence-electron chi connectivity index (χ2n) is 5.05. The molecule has 0 saturated carbocycles. The van der Waals surface area contributed by atoms with E-state index in [1.54, 1.807) is 0 Å². The maximum Gasteiger partial charge on any atom is 0.123 e. The molecule has 0 aliphatic heterocycles. The summed E-state index contributed by atoms with van der Waals surface area (Å²) in [6.45, 7) is 9.01. The minimum atomic E-state index is 0.0581. The topological polar surface area (TPSA) is 26.3 Å². The van der Waals surface area contributed by atoms with Gasteiger partial charge in [0.05, 0.1) is 6.61 Å². The summed E-state index contributed by atoms with van der Waals surface area (Å²) in [6, 6.07) is 6.17. The fourth-order valence-corrected chi connectivity index (χ4v) is 1.57. The first-order valence-electron chi connectivity index (χ1n) is 5.62. The van der Waals surface area contributed by atoms with Gasteiger partial charge in [-0.2, -0.15) is 0 Å². The molecule has 2 nitrogen and oxygen atoms in total. The molecule has 0 bridgehead atoms. The molecular formula is C14H20O2. The van der Waals surface area contributed by atoms with Crippen LogP contribution >= 0.6 is 0 Å². The second kappa shape index (κ2) is 5.15. The molecule has 0 spiro atoms. The average Bonchev–Trinajstić information content (AvgIpc) is 2.19. The van der Waals surface area contributed by atoms with Gasteiger partial charge < -0.3 is 9.53 Å². The summed E-state index contributed by atoms with van der Waals surface area (Å²) in [7, 11) is 0. The van der Waals surface area contributed by atoms with Crippen LogP contribution in [0.4, 0.5) is 0 Å². The molecule has 0 heterocycles. The zero-order chi connectivity index (χ0) is 12.2. The van der Waals surface area contributed by atoms with Gasteiger partial charge in [-0.15, -0.1) is 0 Å². The molecule has 0 fully saturated rings. The number of hydrogen-bond acceptors (Lipinski definition) is 2. The Bertz CT molecular complexity index is 361. The SMILES string of the molecule is Cc1ccc(OCCC=O)c(C(C)(C)C)c1. The van der Waals surface area contributed by atoms with Gasteiger partial charge in [-0.3, -0.25) is 0 Å². The number of aryl methyl sites for hydroxylation is 1. The summed E-state index contributed by atoms with van der Waals surface area (Å²) in [4.78, 5) is 10.3. The molecule has 16 heavy (non-hydrogen) atoms. The van der Waals surface area contributed by atoms with Gasteiger partial charge in [-0.25, -0.2) is 0 Å². The van der Waals surface area contributed by atoms with E-state index in [1.807, 2.05) is 12.1 Å². The quantitative estimate of drug-likeness (QED) is 0.575. The number of aldehydes is 1. The molecule has 0 unspecified atom stereocenters. The number of rotatable bonds is 4. The molecule has 1 aromatic carbocycles. The van der Waals surface area contributed by atoms with Crippen LogP contribution in [0.2, 0.25) is 0 Å². The van der Waals surface area contributed by atoms with Gasteiger partial charge in [0, 0.05) is 6.42 Å². The molecule has 0 aromatic heterocycles. The lowest BCUT2D eigenvalue weighted by molar-refractivity contribution is -0.108. The van der Waals surface area contributed by atoms with Gasteiger partial charge in [0.1, 0.15) is 12.0 Å². The summed E-state index contributed by atoms with van der Waals surface area (Å²) in [5, 5.41) is 0. The molecule has 0 amide bonds. The summed E-state index contributed by atoms with van der Waals surface area (Å²) in [5.74, 6) is 0.889. The minimum Gasteiger partial charge on any atom is -0.493 e. The third kappa shape index (κ3) is 3.37. The van der Waals surface area contributed by atoms with Crippen molar-refractivity contribution in [2.75, 3.05) is 6.61 Å². The lowest BCUT2D eigenvalue weighted by atomic mass is 9.85. The zero-order valence-electron chi connectivity index (χ0n) is 10.5. The van der Waals surface area contributed by atoms with Gasteiger partial charge in [-0.05, 0) is 24.0 Å². The van der Waals surface area contributed by atoms with E-state index in [9.17, 15) is 4.79 Å². The summed E-state index contributed by atoms with van der Waals surface area (Å²) in [6.07, 6.45) is 1.32. The maximum absolute atomic E-state index is 10.3.